The maximum Gasteiger partial charge on any atom is 0.305 e. The average molecular weight is 348 g/mol. The van der Waals surface area contributed by atoms with Crippen molar-refractivity contribution >= 4 is 23.2 Å². The SMILES string of the molecule is CCC(CC)(CC(=O)O)NC(=O)c1sc(-c2ncccn2)nc1C. The Balaban J connectivity index is 2.26. The zero-order chi connectivity index (χ0) is 17.7. The van der Waals surface area contributed by atoms with Crippen molar-refractivity contribution in [2.75, 3.05) is 0 Å². The first kappa shape index (κ1) is 18.0. The molecule has 8 heteroatoms. The second-order valence-corrected chi connectivity index (χ2v) is 6.52. The molecule has 2 rings (SSSR count). The molecule has 0 radical (unpaired) electrons. The fourth-order valence-electron chi connectivity index (χ4n) is 2.42. The molecule has 2 aromatic rings. The molecular weight excluding hydrogens is 328 g/mol. The van der Waals surface area contributed by atoms with Gasteiger partial charge < -0.3 is 10.4 Å². The normalized spacial score (nSPS) is 11.3. The Hall–Kier alpha value is -2.35. The largest absolute Gasteiger partial charge is 0.481 e. The summed E-state index contributed by atoms with van der Waals surface area (Å²) in [6.45, 7) is 5.49. The summed E-state index contributed by atoms with van der Waals surface area (Å²) in [5, 5.41) is 12.6. The number of aromatic nitrogens is 3. The minimum atomic E-state index is -0.932. The van der Waals surface area contributed by atoms with Crippen LogP contribution in [-0.2, 0) is 4.79 Å². The van der Waals surface area contributed by atoms with Crippen molar-refractivity contribution in [2.45, 2.75) is 45.6 Å². The molecule has 0 bridgehead atoms. The van der Waals surface area contributed by atoms with Gasteiger partial charge in [0.25, 0.3) is 5.91 Å². The van der Waals surface area contributed by atoms with Gasteiger partial charge in [0.05, 0.1) is 17.7 Å². The van der Waals surface area contributed by atoms with E-state index in [1.54, 1.807) is 25.4 Å². The lowest BCUT2D eigenvalue weighted by Gasteiger charge is -2.31. The molecule has 0 aliphatic rings. The first-order valence-corrected chi connectivity index (χ1v) is 8.51. The third-order valence-corrected chi connectivity index (χ3v) is 5.13. The van der Waals surface area contributed by atoms with Gasteiger partial charge in [-0.15, -0.1) is 11.3 Å². The van der Waals surface area contributed by atoms with Crippen LogP contribution in [0.4, 0.5) is 0 Å². The molecule has 0 atom stereocenters. The highest BCUT2D eigenvalue weighted by Crippen LogP contribution is 2.27. The third kappa shape index (κ3) is 3.94. The van der Waals surface area contributed by atoms with Gasteiger partial charge in [0.2, 0.25) is 0 Å². The third-order valence-electron chi connectivity index (χ3n) is 3.98. The molecule has 2 N–H and O–H groups in total. The van der Waals surface area contributed by atoms with E-state index in [1.165, 1.54) is 11.3 Å². The molecule has 0 aliphatic carbocycles. The highest BCUT2D eigenvalue weighted by atomic mass is 32.1. The van der Waals surface area contributed by atoms with Crippen LogP contribution in [0.25, 0.3) is 10.8 Å². The number of nitrogens with zero attached hydrogens (tertiary/aromatic N) is 3. The van der Waals surface area contributed by atoms with Crippen LogP contribution in [0, 0.1) is 6.92 Å². The summed E-state index contributed by atoms with van der Waals surface area (Å²) in [4.78, 5) is 36.9. The number of carboxylic acids is 1. The topological polar surface area (TPSA) is 105 Å². The lowest BCUT2D eigenvalue weighted by atomic mass is 9.89. The van der Waals surface area contributed by atoms with Crippen LogP contribution < -0.4 is 5.32 Å². The van der Waals surface area contributed by atoms with Crippen molar-refractivity contribution < 1.29 is 14.7 Å². The highest BCUT2D eigenvalue weighted by Gasteiger charge is 2.32. The van der Waals surface area contributed by atoms with Crippen molar-refractivity contribution in [2.24, 2.45) is 0 Å². The molecule has 0 aromatic carbocycles. The number of nitrogens with one attached hydrogen (secondary N) is 1. The second kappa shape index (κ2) is 7.48. The van der Waals surface area contributed by atoms with E-state index in [0.29, 0.717) is 34.2 Å². The van der Waals surface area contributed by atoms with Gasteiger partial charge in [0.1, 0.15) is 4.88 Å². The maximum atomic E-state index is 12.7. The van der Waals surface area contributed by atoms with E-state index in [4.69, 9.17) is 5.11 Å². The fourth-order valence-corrected chi connectivity index (χ4v) is 3.33. The van der Waals surface area contributed by atoms with Gasteiger partial charge in [0, 0.05) is 12.4 Å². The summed E-state index contributed by atoms with van der Waals surface area (Å²) >= 11 is 1.21. The minimum Gasteiger partial charge on any atom is -0.481 e. The van der Waals surface area contributed by atoms with Gasteiger partial charge in [-0.2, -0.15) is 0 Å². The number of carbonyl (C=O) groups is 2. The summed E-state index contributed by atoms with van der Waals surface area (Å²) in [6.07, 6.45) is 4.19. The van der Waals surface area contributed by atoms with Crippen LogP contribution in [0.1, 0.15) is 48.5 Å². The number of aryl methyl sites for hydroxylation is 1. The van der Waals surface area contributed by atoms with E-state index in [9.17, 15) is 9.59 Å². The number of carboxylic acid groups (broad SMARTS) is 1. The van der Waals surface area contributed by atoms with Crippen molar-refractivity contribution in [3.63, 3.8) is 0 Å². The Morgan fingerprint density at radius 2 is 1.88 bits per heavy atom. The molecule has 0 saturated carbocycles. The van der Waals surface area contributed by atoms with Crippen LogP contribution in [-0.4, -0.2) is 37.5 Å². The molecule has 2 aromatic heterocycles. The molecule has 128 valence electrons. The van der Waals surface area contributed by atoms with Gasteiger partial charge in [-0.1, -0.05) is 13.8 Å². The van der Waals surface area contributed by atoms with Crippen LogP contribution in [0.2, 0.25) is 0 Å². The van der Waals surface area contributed by atoms with E-state index in [2.05, 4.69) is 20.3 Å². The predicted molar refractivity (Wildman–Crippen MR) is 90.9 cm³/mol. The summed E-state index contributed by atoms with van der Waals surface area (Å²) < 4.78 is 0. The number of rotatable bonds is 7. The second-order valence-electron chi connectivity index (χ2n) is 5.52. The van der Waals surface area contributed by atoms with Gasteiger partial charge >= 0.3 is 5.97 Å². The molecular formula is C16H20N4O3S. The first-order chi connectivity index (χ1) is 11.4. The van der Waals surface area contributed by atoms with Crippen LogP contribution in [0.3, 0.4) is 0 Å². The zero-order valence-electron chi connectivity index (χ0n) is 13.9. The van der Waals surface area contributed by atoms with E-state index in [0.717, 1.165) is 0 Å². The highest BCUT2D eigenvalue weighted by molar-refractivity contribution is 7.17. The molecule has 0 saturated heterocycles. The quantitative estimate of drug-likeness (QED) is 0.797. The number of hydrogen-bond donors (Lipinski definition) is 2. The van der Waals surface area contributed by atoms with E-state index >= 15 is 0 Å². The summed E-state index contributed by atoms with van der Waals surface area (Å²) in [7, 11) is 0. The molecule has 0 unspecified atom stereocenters. The first-order valence-electron chi connectivity index (χ1n) is 7.70. The van der Waals surface area contributed by atoms with Crippen molar-refractivity contribution in [3.8, 4) is 10.8 Å². The molecule has 2 heterocycles. The lowest BCUT2D eigenvalue weighted by molar-refractivity contribution is -0.138. The monoisotopic (exact) mass is 348 g/mol. The fraction of sp³-hybridized carbons (Fsp3) is 0.438. The van der Waals surface area contributed by atoms with E-state index in [1.807, 2.05) is 13.8 Å². The number of aliphatic carboxylic acids is 1. The summed E-state index contributed by atoms with van der Waals surface area (Å²) in [5.74, 6) is -0.775. The Labute approximate surface area is 144 Å². The Kier molecular flexibility index (Phi) is 5.61. The minimum absolute atomic E-state index is 0.113. The van der Waals surface area contributed by atoms with Gasteiger partial charge in [-0.3, -0.25) is 9.59 Å². The zero-order valence-corrected chi connectivity index (χ0v) is 14.7. The number of carbonyl (C=O) groups excluding carboxylic acids is 1. The molecule has 24 heavy (non-hydrogen) atoms. The Bertz CT molecular complexity index is 726. The van der Waals surface area contributed by atoms with E-state index in [-0.39, 0.29) is 12.3 Å². The van der Waals surface area contributed by atoms with Crippen molar-refractivity contribution in [3.05, 3.63) is 29.0 Å². The summed E-state index contributed by atoms with van der Waals surface area (Å²) in [6, 6.07) is 1.71. The van der Waals surface area contributed by atoms with Gasteiger partial charge in [-0.25, -0.2) is 15.0 Å². The number of hydrogen-bond acceptors (Lipinski definition) is 6. The lowest BCUT2D eigenvalue weighted by Crippen LogP contribution is -2.49. The van der Waals surface area contributed by atoms with Crippen LogP contribution in [0.5, 0.6) is 0 Å². The molecule has 0 fully saturated rings. The smallest absolute Gasteiger partial charge is 0.305 e. The molecule has 0 spiro atoms. The molecule has 7 nitrogen and oxygen atoms in total. The Morgan fingerprint density at radius 3 is 2.42 bits per heavy atom. The summed E-state index contributed by atoms with van der Waals surface area (Å²) in [5.41, 5.74) is -0.181. The van der Waals surface area contributed by atoms with E-state index < -0.39 is 11.5 Å². The van der Waals surface area contributed by atoms with Crippen LogP contribution >= 0.6 is 11.3 Å². The number of thiazole rings is 1. The standard InChI is InChI=1S/C16H20N4O3S/c1-4-16(5-2,9-11(21)22)20-14(23)12-10(3)19-15(24-12)13-17-7-6-8-18-13/h6-8H,4-5,9H2,1-3H3,(H,20,23)(H,21,22). The van der Waals surface area contributed by atoms with Gasteiger partial charge in [0.15, 0.2) is 10.8 Å². The number of amides is 1. The van der Waals surface area contributed by atoms with Gasteiger partial charge in [-0.05, 0) is 25.8 Å². The maximum absolute atomic E-state index is 12.7. The Morgan fingerprint density at radius 1 is 1.25 bits per heavy atom. The molecule has 0 aliphatic heterocycles. The predicted octanol–water partition coefficient (Wildman–Crippen LogP) is 2.67. The van der Waals surface area contributed by atoms with Crippen molar-refractivity contribution in [1.82, 2.24) is 20.3 Å². The molecule has 1 amide bonds. The van der Waals surface area contributed by atoms with Crippen LogP contribution in [0.15, 0.2) is 18.5 Å². The average Bonchev–Trinajstić information content (AvgIpc) is 2.96. The van der Waals surface area contributed by atoms with Crippen molar-refractivity contribution in [1.29, 1.82) is 0 Å².